The number of phosphoric acid groups is 1. The Morgan fingerprint density at radius 1 is 0.477 bits per heavy atom. The molecule has 0 saturated heterocycles. The van der Waals surface area contributed by atoms with Crippen LogP contribution in [-0.2, 0) is 32.7 Å². The average Bonchev–Trinajstić information content (AvgIpc) is 3.29. The zero-order valence-corrected chi connectivity index (χ0v) is 41.4. The van der Waals surface area contributed by atoms with Gasteiger partial charge < -0.3 is 39.9 Å². The summed E-state index contributed by atoms with van der Waals surface area (Å²) in [6.07, 6.45) is 34.7. The highest BCUT2D eigenvalue weighted by Gasteiger charge is 2.51. The molecule has 1 aliphatic carbocycles. The minimum absolute atomic E-state index is 0.0951. The number of allylic oxidation sites excluding steroid dienone is 6. The van der Waals surface area contributed by atoms with Gasteiger partial charge in [-0.2, -0.15) is 0 Å². The van der Waals surface area contributed by atoms with Crippen molar-refractivity contribution in [3.8, 4) is 0 Å². The fourth-order valence-corrected chi connectivity index (χ4v) is 8.80. The number of aliphatic hydroxyl groups excluding tert-OH is 5. The molecule has 0 aliphatic heterocycles. The molecule has 1 fully saturated rings. The van der Waals surface area contributed by atoms with E-state index < -0.39 is 75.7 Å². The molecule has 6 N–H and O–H groups in total. The fraction of sp³-hybridized carbons (Fsp3) is 0.843. The second-order valence-electron chi connectivity index (χ2n) is 18.0. The highest BCUT2D eigenvalue weighted by Crippen LogP contribution is 2.47. The zero-order valence-electron chi connectivity index (χ0n) is 40.5. The lowest BCUT2D eigenvalue weighted by Crippen LogP contribution is -2.64. The summed E-state index contributed by atoms with van der Waals surface area (Å²) in [6, 6.07) is 0. The van der Waals surface area contributed by atoms with Gasteiger partial charge in [0, 0.05) is 12.8 Å². The first-order valence-corrected chi connectivity index (χ1v) is 27.3. The van der Waals surface area contributed by atoms with Gasteiger partial charge in [-0.1, -0.05) is 192 Å². The molecule has 0 radical (unpaired) electrons. The summed E-state index contributed by atoms with van der Waals surface area (Å²) in [4.78, 5) is 35.8. The molecule has 0 bridgehead atoms. The van der Waals surface area contributed by atoms with Crippen molar-refractivity contribution in [1.29, 1.82) is 0 Å². The number of hydrogen-bond acceptors (Lipinski definition) is 12. The molecule has 1 saturated carbocycles. The highest BCUT2D eigenvalue weighted by molar-refractivity contribution is 7.47. The lowest BCUT2D eigenvalue weighted by atomic mass is 9.85. The third-order valence-corrected chi connectivity index (χ3v) is 13.0. The van der Waals surface area contributed by atoms with Crippen LogP contribution in [0, 0.1) is 0 Å². The summed E-state index contributed by atoms with van der Waals surface area (Å²) in [5.74, 6) is -1.12. The van der Waals surface area contributed by atoms with E-state index in [-0.39, 0.29) is 12.8 Å². The molecule has 0 spiro atoms. The normalized spacial score (nSPS) is 21.7. The summed E-state index contributed by atoms with van der Waals surface area (Å²) in [6.45, 7) is 3.28. The Morgan fingerprint density at radius 3 is 1.29 bits per heavy atom. The van der Waals surface area contributed by atoms with Crippen molar-refractivity contribution >= 4 is 19.8 Å². The molecular formula is C51H93O13P. The number of unbranched alkanes of at least 4 members (excludes halogenated alkanes) is 25. The first kappa shape index (κ1) is 61.1. The van der Waals surface area contributed by atoms with E-state index >= 15 is 0 Å². The van der Waals surface area contributed by atoms with E-state index in [2.05, 4.69) is 50.3 Å². The third-order valence-electron chi connectivity index (χ3n) is 12.0. The Bertz CT molecular complexity index is 1280. The maximum absolute atomic E-state index is 12.8. The van der Waals surface area contributed by atoms with Gasteiger partial charge in [-0.25, -0.2) is 4.57 Å². The Hall–Kier alpha value is -1.93. The topological polar surface area (TPSA) is 210 Å². The summed E-state index contributed by atoms with van der Waals surface area (Å²) in [5, 5.41) is 50.3. The van der Waals surface area contributed by atoms with E-state index in [1.165, 1.54) is 109 Å². The molecule has 0 heterocycles. The Labute approximate surface area is 393 Å². The average molecular weight is 945 g/mol. The van der Waals surface area contributed by atoms with Gasteiger partial charge in [0.05, 0.1) is 6.61 Å². The van der Waals surface area contributed by atoms with Crippen LogP contribution in [0.2, 0.25) is 0 Å². The lowest BCUT2D eigenvalue weighted by molar-refractivity contribution is -0.220. The van der Waals surface area contributed by atoms with Crippen LogP contribution >= 0.6 is 7.82 Å². The number of esters is 2. The minimum atomic E-state index is -5.13. The summed E-state index contributed by atoms with van der Waals surface area (Å²) >= 11 is 0. The third kappa shape index (κ3) is 33.3. The zero-order chi connectivity index (χ0) is 47.8. The van der Waals surface area contributed by atoms with Gasteiger partial charge in [0.15, 0.2) is 6.10 Å². The van der Waals surface area contributed by atoms with Crippen molar-refractivity contribution in [3.05, 3.63) is 36.5 Å². The van der Waals surface area contributed by atoms with E-state index in [1.807, 2.05) is 0 Å². The SMILES string of the molecule is CCCCC/C=C/C/C=C/C/C=C/CCCCCCC(=O)OC[C@H](COP(=O)(O)OC1C(O)C(O)C(O)[C@@H](O)C1O)OC(=O)CCCCCCCCCCCCCCCCCCCCC. The van der Waals surface area contributed by atoms with Crippen molar-refractivity contribution in [2.75, 3.05) is 13.2 Å². The molecule has 8 atom stereocenters. The van der Waals surface area contributed by atoms with Gasteiger partial charge in [-0.15, -0.1) is 0 Å². The van der Waals surface area contributed by atoms with Crippen molar-refractivity contribution in [2.45, 2.75) is 262 Å². The molecule has 0 aromatic rings. The standard InChI is InChI=1S/C51H93O13P/c1-3-5-7-9-11-13-15-17-19-21-22-24-26-28-30-32-34-36-38-40-45(53)63-43(42-62-65(59,60)64-51-49(57)47(55)46(54)48(56)50(51)58)41-61-44(52)39-37-35-33-31-29-27-25-23-20-18-16-14-12-10-8-6-4-2/h12,14,18,20,25,27,43,46-51,54-58H,3-11,13,15-17,19,21-24,26,28-42H2,1-2H3,(H,59,60)/b14-12+,20-18+,27-25+/t43-,46?,47-,48?,49?,50?,51?/m1/s1. The molecule has 380 valence electrons. The number of phosphoric ester groups is 1. The van der Waals surface area contributed by atoms with Gasteiger partial charge in [0.2, 0.25) is 0 Å². The van der Waals surface area contributed by atoms with Crippen LogP contribution in [0.25, 0.3) is 0 Å². The Balaban J connectivity index is 2.41. The summed E-state index contributed by atoms with van der Waals surface area (Å²) in [7, 11) is -5.13. The quantitative estimate of drug-likeness (QED) is 0.0146. The van der Waals surface area contributed by atoms with Gasteiger partial charge >= 0.3 is 19.8 Å². The van der Waals surface area contributed by atoms with Gasteiger partial charge in [-0.3, -0.25) is 18.6 Å². The summed E-state index contributed by atoms with van der Waals surface area (Å²) in [5.41, 5.74) is 0. The molecular weight excluding hydrogens is 852 g/mol. The van der Waals surface area contributed by atoms with Crippen molar-refractivity contribution in [1.82, 2.24) is 0 Å². The predicted molar refractivity (Wildman–Crippen MR) is 258 cm³/mol. The molecule has 1 aliphatic rings. The van der Waals surface area contributed by atoms with Crippen molar-refractivity contribution < 1.29 is 63.1 Å². The van der Waals surface area contributed by atoms with E-state index in [1.54, 1.807) is 0 Å². The molecule has 13 nitrogen and oxygen atoms in total. The maximum atomic E-state index is 12.8. The second-order valence-corrected chi connectivity index (χ2v) is 19.4. The van der Waals surface area contributed by atoms with E-state index in [9.17, 15) is 44.6 Å². The van der Waals surface area contributed by atoms with Crippen LogP contribution < -0.4 is 0 Å². The number of aliphatic hydroxyl groups is 5. The van der Waals surface area contributed by atoms with E-state index in [0.29, 0.717) is 12.8 Å². The Morgan fingerprint density at radius 2 is 0.831 bits per heavy atom. The number of carbonyl (C=O) groups is 2. The lowest BCUT2D eigenvalue weighted by Gasteiger charge is -2.41. The van der Waals surface area contributed by atoms with Gasteiger partial charge in [0.25, 0.3) is 0 Å². The number of carbonyl (C=O) groups excluding carboxylic acids is 2. The van der Waals surface area contributed by atoms with E-state index in [4.69, 9.17) is 18.5 Å². The van der Waals surface area contributed by atoms with Crippen LogP contribution in [0.3, 0.4) is 0 Å². The molecule has 14 heteroatoms. The molecule has 0 aromatic heterocycles. The molecule has 65 heavy (non-hydrogen) atoms. The van der Waals surface area contributed by atoms with Crippen molar-refractivity contribution in [2.24, 2.45) is 0 Å². The van der Waals surface area contributed by atoms with Crippen molar-refractivity contribution in [3.63, 3.8) is 0 Å². The number of ether oxygens (including phenoxy) is 2. The fourth-order valence-electron chi connectivity index (χ4n) is 7.82. The largest absolute Gasteiger partial charge is 0.472 e. The minimum Gasteiger partial charge on any atom is -0.462 e. The van der Waals surface area contributed by atoms with Crippen LogP contribution in [0.1, 0.15) is 219 Å². The molecule has 0 amide bonds. The highest BCUT2D eigenvalue weighted by atomic mass is 31.2. The number of hydrogen-bond donors (Lipinski definition) is 6. The first-order valence-electron chi connectivity index (χ1n) is 25.8. The van der Waals surface area contributed by atoms with Gasteiger partial charge in [0.1, 0.15) is 43.2 Å². The smallest absolute Gasteiger partial charge is 0.462 e. The van der Waals surface area contributed by atoms with Crippen LogP contribution in [0.4, 0.5) is 0 Å². The van der Waals surface area contributed by atoms with Crippen LogP contribution in [0.5, 0.6) is 0 Å². The second kappa shape index (κ2) is 41.1. The van der Waals surface area contributed by atoms with Crippen LogP contribution in [0.15, 0.2) is 36.5 Å². The maximum Gasteiger partial charge on any atom is 0.472 e. The molecule has 0 aromatic carbocycles. The Kier molecular flexibility index (Phi) is 38.6. The van der Waals surface area contributed by atoms with Crippen LogP contribution in [-0.4, -0.2) is 98.3 Å². The summed E-state index contributed by atoms with van der Waals surface area (Å²) < 4.78 is 33.6. The first-order chi connectivity index (χ1) is 31.4. The van der Waals surface area contributed by atoms with E-state index in [0.717, 1.165) is 70.6 Å². The predicted octanol–water partition coefficient (Wildman–Crippen LogP) is 11.0. The molecule has 6 unspecified atom stereocenters. The monoisotopic (exact) mass is 945 g/mol. The van der Waals surface area contributed by atoms with Gasteiger partial charge in [-0.05, 0) is 51.4 Å². The molecule has 1 rings (SSSR count). The number of rotatable bonds is 43.